The minimum absolute atomic E-state index is 0.0501. The van der Waals surface area contributed by atoms with Crippen LogP contribution in [0.4, 0.5) is 5.82 Å². The second-order valence-corrected chi connectivity index (χ2v) is 6.02. The summed E-state index contributed by atoms with van der Waals surface area (Å²) in [6.07, 6.45) is 3.90. The number of nitrogens with zero attached hydrogens (tertiary/aromatic N) is 2. The van der Waals surface area contributed by atoms with Gasteiger partial charge in [-0.2, -0.15) is 0 Å². The van der Waals surface area contributed by atoms with Crippen molar-refractivity contribution in [1.82, 2.24) is 9.88 Å². The number of hydrogen-bond donors (Lipinski definition) is 1. The molecule has 0 atom stereocenters. The SMILES string of the molecule is CCNc1ncc(Br)cc1C(=O)N(CC)CC(CC)CC. The molecule has 118 valence electrons. The van der Waals surface area contributed by atoms with E-state index < -0.39 is 0 Å². The Kier molecular flexibility index (Phi) is 7.72. The normalized spacial score (nSPS) is 10.8. The highest BCUT2D eigenvalue weighted by Crippen LogP contribution is 2.21. The van der Waals surface area contributed by atoms with Gasteiger partial charge in [-0.15, -0.1) is 0 Å². The molecule has 1 rings (SSSR count). The first kappa shape index (κ1) is 18.0. The topological polar surface area (TPSA) is 45.2 Å². The van der Waals surface area contributed by atoms with Crippen LogP contribution in [0.2, 0.25) is 0 Å². The van der Waals surface area contributed by atoms with E-state index in [0.717, 1.165) is 30.4 Å². The third kappa shape index (κ3) is 4.99. The first-order chi connectivity index (χ1) is 10.1. The van der Waals surface area contributed by atoms with E-state index >= 15 is 0 Å². The molecule has 1 heterocycles. The summed E-state index contributed by atoms with van der Waals surface area (Å²) >= 11 is 3.40. The summed E-state index contributed by atoms with van der Waals surface area (Å²) in [5, 5.41) is 3.17. The van der Waals surface area contributed by atoms with Crippen molar-refractivity contribution in [3.05, 3.63) is 22.3 Å². The lowest BCUT2D eigenvalue weighted by Gasteiger charge is -2.26. The molecule has 0 fully saturated rings. The first-order valence-electron chi connectivity index (χ1n) is 7.75. The van der Waals surface area contributed by atoms with Crippen molar-refractivity contribution in [2.24, 2.45) is 5.92 Å². The summed E-state index contributed by atoms with van der Waals surface area (Å²) in [5.74, 6) is 1.26. The van der Waals surface area contributed by atoms with Crippen molar-refractivity contribution >= 4 is 27.7 Å². The van der Waals surface area contributed by atoms with Gasteiger partial charge in [-0.1, -0.05) is 26.7 Å². The molecule has 0 aliphatic carbocycles. The van der Waals surface area contributed by atoms with E-state index in [4.69, 9.17) is 0 Å². The standard InChI is InChI=1S/C16H26BrN3O/c1-5-12(6-2)11-20(8-4)16(21)14-9-13(17)10-19-15(14)18-7-3/h9-10,12H,5-8,11H2,1-4H3,(H,18,19). The van der Waals surface area contributed by atoms with Crippen molar-refractivity contribution < 1.29 is 4.79 Å². The molecule has 5 heteroatoms. The zero-order valence-electron chi connectivity index (χ0n) is 13.4. The molecule has 0 spiro atoms. The number of carbonyl (C=O) groups excluding carboxylic acids is 1. The van der Waals surface area contributed by atoms with Crippen LogP contribution in [-0.4, -0.2) is 35.4 Å². The van der Waals surface area contributed by atoms with Gasteiger partial charge in [0.1, 0.15) is 5.82 Å². The van der Waals surface area contributed by atoms with Crippen molar-refractivity contribution in [3.8, 4) is 0 Å². The van der Waals surface area contributed by atoms with Crippen LogP contribution in [0.25, 0.3) is 0 Å². The van der Waals surface area contributed by atoms with Crippen molar-refractivity contribution in [2.75, 3.05) is 25.0 Å². The van der Waals surface area contributed by atoms with E-state index in [9.17, 15) is 4.79 Å². The molecule has 0 saturated heterocycles. The Morgan fingerprint density at radius 1 is 1.33 bits per heavy atom. The average Bonchev–Trinajstić information content (AvgIpc) is 2.50. The molecule has 1 aromatic rings. The summed E-state index contributed by atoms with van der Waals surface area (Å²) in [7, 11) is 0. The van der Waals surface area contributed by atoms with Crippen LogP contribution in [-0.2, 0) is 0 Å². The quantitative estimate of drug-likeness (QED) is 0.760. The van der Waals surface area contributed by atoms with E-state index in [1.807, 2.05) is 24.8 Å². The number of amides is 1. The van der Waals surface area contributed by atoms with Gasteiger partial charge in [0.25, 0.3) is 5.91 Å². The summed E-state index contributed by atoms with van der Waals surface area (Å²) in [4.78, 5) is 19.1. The highest BCUT2D eigenvalue weighted by atomic mass is 79.9. The van der Waals surface area contributed by atoms with Gasteiger partial charge in [0.15, 0.2) is 0 Å². The molecule has 0 bridgehead atoms. The maximum Gasteiger partial charge on any atom is 0.257 e. The fraction of sp³-hybridized carbons (Fsp3) is 0.625. The Balaban J connectivity index is 3.01. The van der Waals surface area contributed by atoms with Crippen LogP contribution < -0.4 is 5.32 Å². The Morgan fingerprint density at radius 3 is 2.52 bits per heavy atom. The predicted molar refractivity (Wildman–Crippen MR) is 91.8 cm³/mol. The highest BCUT2D eigenvalue weighted by molar-refractivity contribution is 9.10. The molecule has 0 aliphatic heterocycles. The number of halogens is 1. The van der Waals surface area contributed by atoms with Crippen LogP contribution in [0.15, 0.2) is 16.7 Å². The van der Waals surface area contributed by atoms with Gasteiger partial charge in [-0.05, 0) is 41.8 Å². The van der Waals surface area contributed by atoms with E-state index in [-0.39, 0.29) is 5.91 Å². The second kappa shape index (κ2) is 9.03. The molecule has 0 radical (unpaired) electrons. The monoisotopic (exact) mass is 355 g/mol. The summed E-state index contributed by atoms with van der Waals surface area (Å²) in [5.41, 5.74) is 0.638. The van der Waals surface area contributed by atoms with Crippen molar-refractivity contribution in [2.45, 2.75) is 40.5 Å². The molecule has 21 heavy (non-hydrogen) atoms. The predicted octanol–water partition coefficient (Wildman–Crippen LogP) is 4.17. The van der Waals surface area contributed by atoms with Crippen molar-refractivity contribution in [3.63, 3.8) is 0 Å². The molecule has 0 aliphatic rings. The second-order valence-electron chi connectivity index (χ2n) is 5.11. The summed E-state index contributed by atoms with van der Waals surface area (Å²) in [6, 6.07) is 1.85. The Labute approximate surface area is 136 Å². The van der Waals surface area contributed by atoms with E-state index in [0.29, 0.717) is 23.8 Å². The zero-order valence-corrected chi connectivity index (χ0v) is 15.0. The Hall–Kier alpha value is -1.10. The number of pyridine rings is 1. The van der Waals surface area contributed by atoms with Crippen LogP contribution in [0.1, 0.15) is 50.9 Å². The molecule has 1 amide bonds. The van der Waals surface area contributed by atoms with Gasteiger partial charge in [0.2, 0.25) is 0 Å². The number of anilines is 1. The molecular weight excluding hydrogens is 330 g/mol. The number of rotatable bonds is 8. The lowest BCUT2D eigenvalue weighted by atomic mass is 10.0. The third-order valence-corrected chi connectivity index (χ3v) is 4.16. The van der Waals surface area contributed by atoms with Gasteiger partial charge in [-0.3, -0.25) is 4.79 Å². The molecule has 0 aromatic carbocycles. The molecule has 0 unspecified atom stereocenters. The minimum atomic E-state index is 0.0501. The largest absolute Gasteiger partial charge is 0.370 e. The summed E-state index contributed by atoms with van der Waals surface area (Å²) < 4.78 is 0.825. The fourth-order valence-electron chi connectivity index (χ4n) is 2.30. The zero-order chi connectivity index (χ0) is 15.8. The highest BCUT2D eigenvalue weighted by Gasteiger charge is 2.21. The summed E-state index contributed by atoms with van der Waals surface area (Å²) in [6.45, 7) is 10.6. The van der Waals surface area contributed by atoms with Crippen LogP contribution in [0.3, 0.4) is 0 Å². The van der Waals surface area contributed by atoms with E-state index in [1.54, 1.807) is 6.20 Å². The maximum atomic E-state index is 12.8. The number of carbonyl (C=O) groups is 1. The maximum absolute atomic E-state index is 12.8. The lowest BCUT2D eigenvalue weighted by Crippen LogP contribution is -2.35. The van der Waals surface area contributed by atoms with Gasteiger partial charge in [0.05, 0.1) is 5.56 Å². The van der Waals surface area contributed by atoms with Gasteiger partial charge in [-0.25, -0.2) is 4.98 Å². The smallest absolute Gasteiger partial charge is 0.257 e. The van der Waals surface area contributed by atoms with Crippen LogP contribution >= 0.6 is 15.9 Å². The van der Waals surface area contributed by atoms with Gasteiger partial charge in [0, 0.05) is 30.3 Å². The molecule has 4 nitrogen and oxygen atoms in total. The van der Waals surface area contributed by atoms with E-state index in [2.05, 4.69) is 40.1 Å². The number of hydrogen-bond acceptors (Lipinski definition) is 3. The Bertz CT molecular complexity index is 461. The molecule has 1 aromatic heterocycles. The van der Waals surface area contributed by atoms with E-state index in [1.165, 1.54) is 0 Å². The molecule has 0 saturated carbocycles. The van der Waals surface area contributed by atoms with Gasteiger partial charge < -0.3 is 10.2 Å². The van der Waals surface area contributed by atoms with Crippen LogP contribution in [0.5, 0.6) is 0 Å². The Morgan fingerprint density at radius 2 is 2.00 bits per heavy atom. The number of aromatic nitrogens is 1. The minimum Gasteiger partial charge on any atom is -0.370 e. The molecular formula is C16H26BrN3O. The van der Waals surface area contributed by atoms with Crippen molar-refractivity contribution in [1.29, 1.82) is 0 Å². The third-order valence-electron chi connectivity index (χ3n) is 3.73. The number of nitrogens with one attached hydrogen (secondary N) is 1. The van der Waals surface area contributed by atoms with Crippen LogP contribution in [0, 0.1) is 5.92 Å². The average molecular weight is 356 g/mol. The fourth-order valence-corrected chi connectivity index (χ4v) is 2.63. The lowest BCUT2D eigenvalue weighted by molar-refractivity contribution is 0.0735. The first-order valence-corrected chi connectivity index (χ1v) is 8.55. The van der Waals surface area contributed by atoms with Gasteiger partial charge >= 0.3 is 0 Å². The molecule has 1 N–H and O–H groups in total.